The van der Waals surface area contributed by atoms with Crippen molar-refractivity contribution in [3.05, 3.63) is 102 Å². The molecule has 1 unspecified atom stereocenters. The van der Waals surface area contributed by atoms with Crippen molar-refractivity contribution >= 4 is 5.57 Å². The van der Waals surface area contributed by atoms with Gasteiger partial charge in [0.05, 0.1) is 0 Å². The molecule has 1 aliphatic carbocycles. The first-order chi connectivity index (χ1) is 17.9. The van der Waals surface area contributed by atoms with E-state index < -0.39 is 23.3 Å². The molecule has 3 aromatic rings. The first-order valence-electron chi connectivity index (χ1n) is 13.3. The lowest BCUT2D eigenvalue weighted by Gasteiger charge is -2.22. The lowest BCUT2D eigenvalue weighted by molar-refractivity contribution is 0.452. The van der Waals surface area contributed by atoms with Crippen LogP contribution < -0.4 is 0 Å². The van der Waals surface area contributed by atoms with E-state index in [1.54, 1.807) is 48.5 Å². The third kappa shape index (κ3) is 6.06. The second kappa shape index (κ2) is 12.4. The molecule has 1 aliphatic rings. The largest absolute Gasteiger partial charge is 0.203 e. The summed E-state index contributed by atoms with van der Waals surface area (Å²) in [7, 11) is 0. The van der Waals surface area contributed by atoms with Gasteiger partial charge in [0.1, 0.15) is 0 Å². The molecule has 0 heterocycles. The van der Waals surface area contributed by atoms with Crippen LogP contribution in [-0.4, -0.2) is 0 Å². The zero-order chi connectivity index (χ0) is 26.4. The fourth-order valence-electron chi connectivity index (χ4n) is 5.17. The summed E-state index contributed by atoms with van der Waals surface area (Å²) in [5.41, 5.74) is 2.80. The van der Waals surface area contributed by atoms with E-state index in [9.17, 15) is 8.78 Å². The molecule has 3 aromatic carbocycles. The number of rotatable bonds is 10. The minimum atomic E-state index is -0.895. The first-order valence-corrected chi connectivity index (χ1v) is 13.3. The molecule has 1 atom stereocenters. The summed E-state index contributed by atoms with van der Waals surface area (Å²) in [6.45, 7) is 5.83. The molecule has 194 valence electrons. The maximum atomic E-state index is 15.1. The van der Waals surface area contributed by atoms with Crippen LogP contribution in [0.1, 0.15) is 69.4 Å². The number of hydrogen-bond donors (Lipinski definition) is 0. The van der Waals surface area contributed by atoms with Gasteiger partial charge in [-0.15, -0.1) is 6.58 Å². The zero-order valence-electron chi connectivity index (χ0n) is 21.4. The molecular weight excluding hydrogens is 472 g/mol. The van der Waals surface area contributed by atoms with Crippen LogP contribution in [0.2, 0.25) is 0 Å². The van der Waals surface area contributed by atoms with Gasteiger partial charge < -0.3 is 0 Å². The van der Waals surface area contributed by atoms with Gasteiger partial charge in [0.25, 0.3) is 0 Å². The Labute approximate surface area is 217 Å². The van der Waals surface area contributed by atoms with Crippen LogP contribution in [0, 0.1) is 29.2 Å². The number of hydrogen-bond acceptors (Lipinski definition) is 0. The minimum Gasteiger partial charge on any atom is -0.203 e. The predicted molar refractivity (Wildman–Crippen MR) is 145 cm³/mol. The van der Waals surface area contributed by atoms with Crippen LogP contribution in [-0.2, 0) is 6.42 Å². The monoisotopic (exact) mass is 506 g/mol. The van der Waals surface area contributed by atoms with Crippen LogP contribution in [0.3, 0.4) is 0 Å². The summed E-state index contributed by atoms with van der Waals surface area (Å²) in [6, 6.07) is 12.9. The second-order valence-electron chi connectivity index (χ2n) is 9.96. The maximum Gasteiger partial charge on any atom is 0.167 e. The van der Waals surface area contributed by atoms with Crippen LogP contribution in [0.5, 0.6) is 0 Å². The highest BCUT2D eigenvalue weighted by molar-refractivity contribution is 5.74. The van der Waals surface area contributed by atoms with Gasteiger partial charge in [-0.3, -0.25) is 0 Å². The quantitative estimate of drug-likeness (QED) is 0.146. The van der Waals surface area contributed by atoms with Crippen LogP contribution in [0.25, 0.3) is 27.8 Å². The molecule has 0 saturated carbocycles. The van der Waals surface area contributed by atoms with E-state index in [2.05, 4.69) is 13.5 Å². The van der Waals surface area contributed by atoms with E-state index in [4.69, 9.17) is 0 Å². The molecule has 0 aliphatic heterocycles. The zero-order valence-corrected chi connectivity index (χ0v) is 21.4. The third-order valence-corrected chi connectivity index (χ3v) is 7.45. The Bertz CT molecular complexity index is 1270. The first kappa shape index (κ1) is 26.9. The van der Waals surface area contributed by atoms with Crippen molar-refractivity contribution in [2.45, 2.75) is 64.7 Å². The predicted octanol–water partition coefficient (Wildman–Crippen LogP) is 10.5. The van der Waals surface area contributed by atoms with E-state index in [1.165, 1.54) is 0 Å². The Balaban J connectivity index is 1.53. The molecule has 4 heteroatoms. The van der Waals surface area contributed by atoms with Crippen LogP contribution in [0.15, 0.2) is 67.3 Å². The van der Waals surface area contributed by atoms with Crippen molar-refractivity contribution < 1.29 is 17.6 Å². The molecule has 4 rings (SSSR count). The highest BCUT2D eigenvalue weighted by atomic mass is 19.2. The Hall–Kier alpha value is -3.14. The van der Waals surface area contributed by atoms with E-state index in [-0.39, 0.29) is 11.1 Å². The number of aryl methyl sites for hydroxylation is 1. The average Bonchev–Trinajstić information content (AvgIpc) is 2.92. The van der Waals surface area contributed by atoms with Crippen molar-refractivity contribution in [1.29, 1.82) is 0 Å². The smallest absolute Gasteiger partial charge is 0.167 e. The molecule has 0 nitrogen and oxygen atoms in total. The molecule has 0 N–H and O–H groups in total. The summed E-state index contributed by atoms with van der Waals surface area (Å²) in [4.78, 5) is 0. The molecule has 0 radical (unpaired) electrons. The van der Waals surface area contributed by atoms with Gasteiger partial charge in [-0.25, -0.2) is 17.6 Å². The maximum absolute atomic E-state index is 15.1. The summed E-state index contributed by atoms with van der Waals surface area (Å²) >= 11 is 0. The van der Waals surface area contributed by atoms with Crippen molar-refractivity contribution in [3.8, 4) is 22.3 Å². The topological polar surface area (TPSA) is 0 Å². The van der Waals surface area contributed by atoms with Crippen LogP contribution in [0.4, 0.5) is 17.6 Å². The Morgan fingerprint density at radius 3 is 1.97 bits per heavy atom. The van der Waals surface area contributed by atoms with Crippen molar-refractivity contribution in [3.63, 3.8) is 0 Å². The lowest BCUT2D eigenvalue weighted by atomic mass is 9.83. The lowest BCUT2D eigenvalue weighted by Crippen LogP contribution is -2.07. The van der Waals surface area contributed by atoms with Crippen molar-refractivity contribution in [2.75, 3.05) is 0 Å². The standard InChI is InChI=1S/C33H34F4/c1-3-5-7-9-26-18-19-27(31(35)30(26)34)24-14-16-25(17-15-24)29-21-20-28(32(36)33(29)37)23-12-10-22(11-13-23)8-6-4-2/h4,12,14-22H,2-3,5-11,13H2,1H3. The van der Waals surface area contributed by atoms with Gasteiger partial charge in [-0.1, -0.05) is 80.4 Å². The number of allylic oxidation sites excluding steroid dienone is 3. The molecule has 0 amide bonds. The molecule has 0 bridgehead atoms. The number of benzene rings is 3. The van der Waals surface area contributed by atoms with Crippen LogP contribution >= 0.6 is 0 Å². The molecule has 0 saturated heterocycles. The normalized spacial score (nSPS) is 15.5. The summed E-state index contributed by atoms with van der Waals surface area (Å²) in [5, 5.41) is 0. The Kier molecular flexibility index (Phi) is 9.02. The molecule has 0 fully saturated rings. The van der Waals surface area contributed by atoms with E-state index >= 15 is 8.78 Å². The number of halogens is 4. The third-order valence-electron chi connectivity index (χ3n) is 7.45. The molecule has 0 aromatic heterocycles. The average molecular weight is 507 g/mol. The Morgan fingerprint density at radius 1 is 0.784 bits per heavy atom. The van der Waals surface area contributed by atoms with E-state index in [1.807, 2.05) is 12.2 Å². The second-order valence-corrected chi connectivity index (χ2v) is 9.96. The van der Waals surface area contributed by atoms with E-state index in [0.29, 0.717) is 34.6 Å². The van der Waals surface area contributed by atoms with Gasteiger partial charge in [0, 0.05) is 16.7 Å². The van der Waals surface area contributed by atoms with Crippen molar-refractivity contribution in [2.24, 2.45) is 5.92 Å². The van der Waals surface area contributed by atoms with Gasteiger partial charge in [0.15, 0.2) is 23.3 Å². The highest BCUT2D eigenvalue weighted by Gasteiger charge is 2.21. The highest BCUT2D eigenvalue weighted by Crippen LogP contribution is 2.37. The van der Waals surface area contributed by atoms with Crippen molar-refractivity contribution in [1.82, 2.24) is 0 Å². The summed E-state index contributed by atoms with van der Waals surface area (Å²) in [6.07, 6.45) is 11.8. The van der Waals surface area contributed by atoms with Gasteiger partial charge >= 0.3 is 0 Å². The Morgan fingerprint density at radius 2 is 1.38 bits per heavy atom. The molecular formula is C33H34F4. The summed E-state index contributed by atoms with van der Waals surface area (Å²) in [5.74, 6) is -2.87. The minimum absolute atomic E-state index is 0.144. The van der Waals surface area contributed by atoms with Gasteiger partial charge in [-0.05, 0) is 73.1 Å². The van der Waals surface area contributed by atoms with Gasteiger partial charge in [0.2, 0.25) is 0 Å². The number of unbranched alkanes of at least 4 members (excludes halogenated alkanes) is 2. The molecule has 0 spiro atoms. The SMILES string of the molecule is C=CCCC1CC=C(c2ccc(-c3ccc(-c4ccc(CCCCC)c(F)c4F)cc3)c(F)c2F)CC1. The summed E-state index contributed by atoms with van der Waals surface area (Å²) < 4.78 is 59.7. The fraction of sp³-hybridized carbons (Fsp3) is 0.333. The van der Waals surface area contributed by atoms with E-state index in [0.717, 1.165) is 56.9 Å². The molecule has 37 heavy (non-hydrogen) atoms. The van der Waals surface area contributed by atoms with Gasteiger partial charge in [-0.2, -0.15) is 0 Å². The fourth-order valence-corrected chi connectivity index (χ4v) is 5.17.